The Hall–Kier alpha value is -4.52. The summed E-state index contributed by atoms with van der Waals surface area (Å²) < 4.78 is 44.5. The highest BCUT2D eigenvalue weighted by Crippen LogP contribution is 2.34. The molecule has 2 aromatic heterocycles. The van der Waals surface area contributed by atoms with Crippen LogP contribution in [0.25, 0.3) is 22.4 Å². The molecule has 2 aromatic carbocycles. The van der Waals surface area contributed by atoms with Crippen molar-refractivity contribution in [3.05, 3.63) is 70.1 Å². The first-order valence-corrected chi connectivity index (χ1v) is 12.5. The standard InChI is InChI=1S/C27H27F3N8O2/c1-16-7-8-19(14-20(16)22-25(40)36(3)23-21(33-22)15-32-26(31)34-23)38(27(28,29)30)24(39)17-5-4-6-18(13-17)37-11-9-35(2)10-12-37/h4-8,13-15H,9-12H2,1-3H3,(H2,31,32,34). The summed E-state index contributed by atoms with van der Waals surface area (Å²) in [7, 11) is 3.46. The molecule has 208 valence electrons. The van der Waals surface area contributed by atoms with Crippen molar-refractivity contribution in [3.63, 3.8) is 0 Å². The Morgan fingerprint density at radius 2 is 1.75 bits per heavy atom. The summed E-state index contributed by atoms with van der Waals surface area (Å²) in [5, 5.41) is 0. The molecule has 0 aliphatic carbocycles. The largest absolute Gasteiger partial charge is 0.491 e. The molecule has 0 spiro atoms. The molecule has 2 N–H and O–H groups in total. The summed E-state index contributed by atoms with van der Waals surface area (Å²) in [6.07, 6.45) is -3.71. The average Bonchev–Trinajstić information content (AvgIpc) is 2.92. The number of benzene rings is 2. The molecule has 4 aromatic rings. The molecule has 5 rings (SSSR count). The maximum absolute atomic E-state index is 14.4. The Labute approximate surface area is 227 Å². The van der Waals surface area contributed by atoms with Crippen molar-refractivity contribution in [1.29, 1.82) is 0 Å². The molecule has 13 heteroatoms. The van der Waals surface area contributed by atoms with E-state index in [0.717, 1.165) is 19.2 Å². The van der Waals surface area contributed by atoms with Gasteiger partial charge in [-0.25, -0.2) is 14.9 Å². The Bertz CT molecular complexity index is 1660. The Balaban J connectivity index is 1.57. The van der Waals surface area contributed by atoms with Crippen LogP contribution in [0.15, 0.2) is 53.5 Å². The fraction of sp³-hybridized carbons (Fsp3) is 0.296. The van der Waals surface area contributed by atoms with Crippen LogP contribution in [0.3, 0.4) is 0 Å². The van der Waals surface area contributed by atoms with Gasteiger partial charge in [0.05, 0.1) is 11.9 Å². The number of carbonyl (C=O) groups excluding carboxylic acids is 1. The highest BCUT2D eigenvalue weighted by Gasteiger charge is 2.43. The third-order valence-electron chi connectivity index (χ3n) is 6.98. The molecule has 0 unspecified atom stereocenters. The minimum absolute atomic E-state index is 0.0498. The van der Waals surface area contributed by atoms with Gasteiger partial charge in [0, 0.05) is 50.0 Å². The molecule has 1 amide bonds. The van der Waals surface area contributed by atoms with Gasteiger partial charge in [0.2, 0.25) is 5.95 Å². The van der Waals surface area contributed by atoms with E-state index in [4.69, 9.17) is 5.73 Å². The van der Waals surface area contributed by atoms with E-state index in [1.807, 2.05) is 11.9 Å². The van der Waals surface area contributed by atoms with E-state index in [1.54, 1.807) is 19.1 Å². The predicted molar refractivity (Wildman–Crippen MR) is 146 cm³/mol. The van der Waals surface area contributed by atoms with Gasteiger partial charge in [-0.05, 0) is 49.9 Å². The van der Waals surface area contributed by atoms with Gasteiger partial charge in [0.25, 0.3) is 11.5 Å². The van der Waals surface area contributed by atoms with Crippen LogP contribution < -0.4 is 21.1 Å². The molecular weight excluding hydrogens is 525 g/mol. The zero-order valence-electron chi connectivity index (χ0n) is 22.1. The van der Waals surface area contributed by atoms with Crippen molar-refractivity contribution in [2.24, 2.45) is 7.05 Å². The zero-order valence-corrected chi connectivity index (χ0v) is 22.1. The van der Waals surface area contributed by atoms with E-state index in [9.17, 15) is 22.8 Å². The number of aryl methyl sites for hydroxylation is 2. The third kappa shape index (κ3) is 5.07. The highest BCUT2D eigenvalue weighted by molar-refractivity contribution is 6.07. The van der Waals surface area contributed by atoms with Gasteiger partial charge in [-0.15, -0.1) is 13.2 Å². The van der Waals surface area contributed by atoms with E-state index in [-0.39, 0.29) is 38.8 Å². The van der Waals surface area contributed by atoms with Crippen molar-refractivity contribution < 1.29 is 18.0 Å². The Morgan fingerprint density at radius 3 is 2.45 bits per heavy atom. The summed E-state index contributed by atoms with van der Waals surface area (Å²) in [5.74, 6) is -1.28. The lowest BCUT2D eigenvalue weighted by Gasteiger charge is -2.34. The maximum atomic E-state index is 14.4. The van der Waals surface area contributed by atoms with Crippen LogP contribution >= 0.6 is 0 Å². The monoisotopic (exact) mass is 552 g/mol. The van der Waals surface area contributed by atoms with Gasteiger partial charge in [0.1, 0.15) is 11.2 Å². The number of likely N-dealkylation sites (N-methyl/N-ethyl adjacent to an activating group) is 1. The van der Waals surface area contributed by atoms with E-state index in [2.05, 4.69) is 19.9 Å². The molecule has 0 atom stereocenters. The number of nitrogen functional groups attached to an aromatic ring is 1. The van der Waals surface area contributed by atoms with Crippen molar-refractivity contribution in [3.8, 4) is 11.3 Å². The van der Waals surface area contributed by atoms with Crippen LogP contribution in [0.2, 0.25) is 0 Å². The van der Waals surface area contributed by atoms with Crippen LogP contribution in [0.4, 0.5) is 30.5 Å². The van der Waals surface area contributed by atoms with E-state index in [1.165, 1.54) is 42.1 Å². The SMILES string of the molecule is Cc1ccc(N(C(=O)c2cccc(N3CCN(C)CC3)c2)C(F)(F)F)cc1-c1nc2cnc(N)nc2n(C)c1=O. The van der Waals surface area contributed by atoms with E-state index in [0.29, 0.717) is 24.3 Å². The van der Waals surface area contributed by atoms with Gasteiger partial charge >= 0.3 is 6.30 Å². The summed E-state index contributed by atoms with van der Waals surface area (Å²) in [4.78, 5) is 42.8. The quantitative estimate of drug-likeness (QED) is 0.384. The second-order valence-electron chi connectivity index (χ2n) is 9.71. The number of halogens is 3. The summed E-state index contributed by atoms with van der Waals surface area (Å²) in [5.41, 5.74) is 6.13. The number of nitrogens with zero attached hydrogens (tertiary/aromatic N) is 7. The highest BCUT2D eigenvalue weighted by atomic mass is 19.4. The zero-order chi connectivity index (χ0) is 28.8. The molecule has 1 saturated heterocycles. The first-order valence-electron chi connectivity index (χ1n) is 12.5. The van der Waals surface area contributed by atoms with E-state index >= 15 is 0 Å². The lowest BCUT2D eigenvalue weighted by Crippen LogP contribution is -2.45. The number of piperazine rings is 1. The van der Waals surface area contributed by atoms with Gasteiger partial charge in [-0.1, -0.05) is 12.1 Å². The number of aromatic nitrogens is 4. The van der Waals surface area contributed by atoms with Gasteiger partial charge < -0.3 is 15.5 Å². The topological polar surface area (TPSA) is 113 Å². The number of carbonyl (C=O) groups is 1. The van der Waals surface area contributed by atoms with Gasteiger partial charge in [-0.2, -0.15) is 4.98 Å². The molecule has 0 radical (unpaired) electrons. The fourth-order valence-electron chi connectivity index (χ4n) is 4.72. The predicted octanol–water partition coefficient (Wildman–Crippen LogP) is 3.20. The molecule has 3 heterocycles. The number of hydrogen-bond acceptors (Lipinski definition) is 8. The Kier molecular flexibility index (Phi) is 6.92. The van der Waals surface area contributed by atoms with Crippen molar-refractivity contribution in [2.75, 3.05) is 48.8 Å². The van der Waals surface area contributed by atoms with Crippen LogP contribution in [0.1, 0.15) is 15.9 Å². The third-order valence-corrected chi connectivity index (χ3v) is 6.98. The van der Waals surface area contributed by atoms with Crippen LogP contribution in [0, 0.1) is 6.92 Å². The number of amides is 1. The van der Waals surface area contributed by atoms with Gasteiger partial charge in [-0.3, -0.25) is 14.2 Å². The number of hydrogen-bond donors (Lipinski definition) is 1. The van der Waals surface area contributed by atoms with Crippen LogP contribution in [-0.2, 0) is 7.05 Å². The number of rotatable bonds is 4. The van der Waals surface area contributed by atoms with Crippen molar-refractivity contribution >= 4 is 34.4 Å². The lowest BCUT2D eigenvalue weighted by atomic mass is 10.0. The number of anilines is 3. The van der Waals surface area contributed by atoms with Crippen molar-refractivity contribution in [1.82, 2.24) is 24.4 Å². The number of alkyl halides is 3. The molecular formula is C27H27F3N8O2. The minimum Gasteiger partial charge on any atom is -0.369 e. The minimum atomic E-state index is -5.04. The number of nitrogens with two attached hydrogens (primary N) is 1. The molecule has 40 heavy (non-hydrogen) atoms. The first-order chi connectivity index (χ1) is 18.9. The average molecular weight is 553 g/mol. The number of fused-ring (bicyclic) bond motifs is 1. The second kappa shape index (κ2) is 10.2. The molecule has 0 saturated carbocycles. The summed E-state index contributed by atoms with van der Waals surface area (Å²) in [6.45, 7) is 4.65. The molecule has 1 aliphatic rings. The molecule has 0 bridgehead atoms. The summed E-state index contributed by atoms with van der Waals surface area (Å²) >= 11 is 0. The molecule has 1 aliphatic heterocycles. The first kappa shape index (κ1) is 27.1. The Morgan fingerprint density at radius 1 is 1.02 bits per heavy atom. The van der Waals surface area contributed by atoms with E-state index < -0.39 is 23.5 Å². The lowest BCUT2D eigenvalue weighted by molar-refractivity contribution is -0.122. The summed E-state index contributed by atoms with van der Waals surface area (Å²) in [6, 6.07) is 9.97. The van der Waals surface area contributed by atoms with Crippen LogP contribution in [0.5, 0.6) is 0 Å². The maximum Gasteiger partial charge on any atom is 0.491 e. The molecule has 1 fully saturated rings. The molecule has 10 nitrogen and oxygen atoms in total. The smallest absolute Gasteiger partial charge is 0.369 e. The van der Waals surface area contributed by atoms with Gasteiger partial charge in [0.15, 0.2) is 5.65 Å². The second-order valence-corrected chi connectivity index (χ2v) is 9.71. The normalized spacial score (nSPS) is 14.5. The van der Waals surface area contributed by atoms with Crippen LogP contribution in [-0.4, -0.2) is 69.9 Å². The fourth-order valence-corrected chi connectivity index (χ4v) is 4.72. The van der Waals surface area contributed by atoms with Crippen molar-refractivity contribution in [2.45, 2.75) is 13.2 Å².